The van der Waals surface area contributed by atoms with Crippen LogP contribution in [-0.4, -0.2) is 53.9 Å². The third kappa shape index (κ3) is 14.5. The molecule has 0 saturated carbocycles. The number of rotatable bonds is 11. The molecule has 0 bridgehead atoms. The van der Waals surface area contributed by atoms with Crippen molar-refractivity contribution in [3.8, 4) is 0 Å². The van der Waals surface area contributed by atoms with E-state index in [2.05, 4.69) is 27.1 Å². The van der Waals surface area contributed by atoms with Crippen molar-refractivity contribution in [1.29, 1.82) is 0 Å². The number of hydrogen-bond acceptors (Lipinski definition) is 6. The molecule has 0 unspecified atom stereocenters. The Balaban J connectivity index is 4.11. The highest BCUT2D eigenvalue weighted by Gasteiger charge is 2.11. The zero-order valence-corrected chi connectivity index (χ0v) is 16.4. The molecule has 0 saturated heterocycles. The minimum Gasteiger partial charge on any atom is -0.370 e. The van der Waals surface area contributed by atoms with Gasteiger partial charge >= 0.3 is 20.6 Å². The molecule has 0 radical (unpaired) electrons. The lowest BCUT2D eigenvalue weighted by molar-refractivity contribution is 0.291. The van der Waals surface area contributed by atoms with E-state index in [4.69, 9.17) is 34.4 Å². The van der Waals surface area contributed by atoms with Crippen molar-refractivity contribution in [3.05, 3.63) is 0 Å². The topological polar surface area (TPSA) is 292 Å². The Kier molecular flexibility index (Phi) is 10.7. The van der Waals surface area contributed by atoms with Gasteiger partial charge in [-0.2, -0.15) is 26.8 Å². The predicted octanol–water partition coefficient (Wildman–Crippen LogP) is -3.75. The summed E-state index contributed by atoms with van der Waals surface area (Å²) in [5, 5.41) is 0. The molecule has 12 N–H and O–H groups in total. The molecule has 0 aliphatic heterocycles. The third-order valence-corrected chi connectivity index (χ3v) is 4.15. The van der Waals surface area contributed by atoms with E-state index >= 15 is 0 Å². The van der Waals surface area contributed by atoms with Crippen LogP contribution < -0.4 is 34.4 Å². The maximum atomic E-state index is 11.4. The van der Waals surface area contributed by atoms with Crippen LogP contribution in [-0.2, 0) is 29.0 Å². The number of guanidine groups is 4. The molecule has 0 aromatic carbocycles. The quantitative estimate of drug-likeness (QED) is 0.102. The average Bonchev–Trinajstić information content (AvgIpc) is 2.46. The zero-order valence-electron chi connectivity index (χ0n) is 14.8. The van der Waals surface area contributed by atoms with Gasteiger partial charge in [0.1, 0.15) is 0 Å². The van der Waals surface area contributed by atoms with Crippen LogP contribution >= 0.6 is 0 Å². The Morgan fingerprint density at radius 2 is 0.929 bits per heavy atom. The Hall–Kier alpha value is -2.70. The highest BCUT2D eigenvalue weighted by Crippen LogP contribution is 2.05. The van der Waals surface area contributed by atoms with Crippen LogP contribution in [0.3, 0.4) is 0 Å². The summed E-state index contributed by atoms with van der Waals surface area (Å²) < 4.78 is 61.0. The highest BCUT2D eigenvalue weighted by molar-refractivity contribution is 7.85. The number of aliphatic imine (C=N–C) groups is 2. The molecule has 0 aromatic rings. The molecule has 18 heteroatoms. The van der Waals surface area contributed by atoms with Crippen molar-refractivity contribution in [2.24, 2.45) is 53.2 Å². The van der Waals surface area contributed by atoms with E-state index in [1.807, 2.05) is 0 Å². The summed E-state index contributed by atoms with van der Waals surface area (Å²) in [5.41, 5.74) is 30.4. The normalized spacial score (nSPS) is 13.1. The summed E-state index contributed by atoms with van der Waals surface area (Å²) in [4.78, 5) is 6.47. The van der Waals surface area contributed by atoms with Gasteiger partial charge in [0.05, 0.1) is 13.2 Å². The second-order valence-electron chi connectivity index (χ2n) is 4.89. The van der Waals surface area contributed by atoms with Gasteiger partial charge in [0, 0.05) is 0 Å². The summed E-state index contributed by atoms with van der Waals surface area (Å²) in [5.74, 6) is -2.24. The summed E-state index contributed by atoms with van der Waals surface area (Å²) in [7, 11) is -8.56. The van der Waals surface area contributed by atoms with Gasteiger partial charge in [-0.15, -0.1) is 8.80 Å². The van der Waals surface area contributed by atoms with E-state index in [-0.39, 0.29) is 13.2 Å². The molecule has 28 heavy (non-hydrogen) atoms. The smallest absolute Gasteiger partial charge is 0.370 e. The molecule has 16 nitrogen and oxygen atoms in total. The van der Waals surface area contributed by atoms with Crippen molar-refractivity contribution in [2.45, 2.75) is 25.7 Å². The largest absolute Gasteiger partial charge is 0.384 e. The first-order chi connectivity index (χ1) is 12.8. The zero-order chi connectivity index (χ0) is 21.8. The Bertz CT molecular complexity index is 755. The standard InChI is InChI=1S/C10H24N10O6S2/c11-7(12)17-9(15)19-27(21,22)25-5-3-1-2-4-6-26-28(23,24)20-10(16)18-8(13)14/h1-6H2,(H6,11,12,15,17,19)(H6,13,14,16,18,20). The van der Waals surface area contributed by atoms with E-state index < -0.39 is 44.4 Å². The van der Waals surface area contributed by atoms with Gasteiger partial charge in [-0.25, -0.2) is 0 Å². The van der Waals surface area contributed by atoms with Gasteiger partial charge in [-0.3, -0.25) is 8.37 Å². The average molecular weight is 445 g/mol. The van der Waals surface area contributed by atoms with E-state index in [0.717, 1.165) is 0 Å². The van der Waals surface area contributed by atoms with Crippen molar-refractivity contribution in [2.75, 3.05) is 13.2 Å². The summed E-state index contributed by atoms with van der Waals surface area (Å²) in [6, 6.07) is 0. The second kappa shape index (κ2) is 11.9. The SMILES string of the molecule is NC(N)=NC(N)=NS(=O)(=O)OCCCCCCOS(=O)(=O)N=C(N)N=C(N)N. The summed E-state index contributed by atoms with van der Waals surface area (Å²) in [6.45, 7) is -0.334. The van der Waals surface area contributed by atoms with Crippen LogP contribution in [0.25, 0.3) is 0 Å². The van der Waals surface area contributed by atoms with Crippen molar-refractivity contribution in [1.82, 2.24) is 0 Å². The maximum absolute atomic E-state index is 11.4. The van der Waals surface area contributed by atoms with Crippen molar-refractivity contribution < 1.29 is 25.2 Å². The van der Waals surface area contributed by atoms with Crippen LogP contribution in [0.1, 0.15) is 25.7 Å². The third-order valence-electron chi connectivity index (χ3n) is 2.40. The van der Waals surface area contributed by atoms with E-state index in [1.54, 1.807) is 0 Å². The van der Waals surface area contributed by atoms with E-state index in [1.165, 1.54) is 0 Å². The van der Waals surface area contributed by atoms with E-state index in [9.17, 15) is 16.8 Å². The lowest BCUT2D eigenvalue weighted by atomic mass is 10.2. The number of nitrogens with two attached hydrogens (primary N) is 6. The molecule has 0 aromatic heterocycles. The van der Waals surface area contributed by atoms with Crippen molar-refractivity contribution in [3.63, 3.8) is 0 Å². The molecule has 0 heterocycles. The summed E-state index contributed by atoms with van der Waals surface area (Å²) in [6.07, 6.45) is 1.73. The van der Waals surface area contributed by atoms with Crippen molar-refractivity contribution >= 4 is 44.4 Å². The van der Waals surface area contributed by atoms with Gasteiger partial charge in [-0.05, 0) is 12.8 Å². The molecular formula is C10H24N10O6S2. The number of hydrogen-bond donors (Lipinski definition) is 6. The fraction of sp³-hybridized carbons (Fsp3) is 0.600. The molecule has 0 aliphatic rings. The Morgan fingerprint density at radius 3 is 1.21 bits per heavy atom. The van der Waals surface area contributed by atoms with Crippen LogP contribution in [0.15, 0.2) is 18.8 Å². The first kappa shape index (κ1) is 25.3. The number of unbranched alkanes of at least 4 members (excludes halogenated alkanes) is 3. The summed E-state index contributed by atoms with van der Waals surface area (Å²) >= 11 is 0. The lowest BCUT2D eigenvalue weighted by Crippen LogP contribution is -2.27. The molecule has 0 fully saturated rings. The fourth-order valence-corrected chi connectivity index (χ4v) is 2.78. The molecule has 162 valence electrons. The minimum absolute atomic E-state index is 0.167. The molecule has 0 atom stereocenters. The Labute approximate surface area is 162 Å². The maximum Gasteiger partial charge on any atom is 0.384 e. The molecule has 0 spiro atoms. The monoisotopic (exact) mass is 444 g/mol. The van der Waals surface area contributed by atoms with Crippen LogP contribution in [0.5, 0.6) is 0 Å². The van der Waals surface area contributed by atoms with Crippen LogP contribution in [0.4, 0.5) is 0 Å². The first-order valence-corrected chi connectivity index (χ1v) is 10.2. The van der Waals surface area contributed by atoms with Crippen LogP contribution in [0.2, 0.25) is 0 Å². The van der Waals surface area contributed by atoms with Crippen LogP contribution in [0, 0.1) is 0 Å². The molecule has 0 amide bonds. The van der Waals surface area contributed by atoms with Gasteiger partial charge < -0.3 is 34.4 Å². The highest BCUT2D eigenvalue weighted by atomic mass is 32.2. The van der Waals surface area contributed by atoms with Gasteiger partial charge in [0.2, 0.25) is 11.9 Å². The number of nitrogens with zero attached hydrogens (tertiary/aromatic N) is 4. The minimum atomic E-state index is -4.28. The Morgan fingerprint density at radius 1 is 0.607 bits per heavy atom. The van der Waals surface area contributed by atoms with Gasteiger partial charge in [0.15, 0.2) is 11.9 Å². The van der Waals surface area contributed by atoms with E-state index in [0.29, 0.717) is 25.7 Å². The molecule has 0 aliphatic carbocycles. The second-order valence-corrected chi connectivity index (χ2v) is 7.43. The fourth-order valence-electron chi connectivity index (χ4n) is 1.47. The molecule has 0 rings (SSSR count). The van der Waals surface area contributed by atoms with Gasteiger partial charge in [0.25, 0.3) is 0 Å². The lowest BCUT2D eigenvalue weighted by Gasteiger charge is -2.03. The molecular weight excluding hydrogens is 420 g/mol. The first-order valence-electron chi connectivity index (χ1n) is 7.52. The predicted molar refractivity (Wildman–Crippen MR) is 103 cm³/mol. The van der Waals surface area contributed by atoms with Gasteiger partial charge in [-0.1, -0.05) is 12.8 Å².